The first-order valence-corrected chi connectivity index (χ1v) is 7.84. The van der Waals surface area contributed by atoms with E-state index in [0.29, 0.717) is 10.7 Å². The van der Waals surface area contributed by atoms with Crippen molar-refractivity contribution in [3.05, 3.63) is 34.7 Å². The topological polar surface area (TPSA) is 66.8 Å². The third-order valence-electron chi connectivity index (χ3n) is 2.74. The third-order valence-corrected chi connectivity index (χ3v) is 4.11. The molecule has 0 bridgehead atoms. The first-order valence-electron chi connectivity index (χ1n) is 6.61. The molecule has 22 heavy (non-hydrogen) atoms. The van der Waals surface area contributed by atoms with Crippen molar-refractivity contribution in [1.29, 1.82) is 0 Å². The summed E-state index contributed by atoms with van der Waals surface area (Å²) in [4.78, 5) is 24.5. The number of nitrogens with zero attached hydrogens (tertiary/aromatic N) is 1. The smallest absolute Gasteiger partial charge is 0.323 e. The van der Waals surface area contributed by atoms with Crippen LogP contribution >= 0.6 is 24.0 Å². The normalized spacial score (nSPS) is 16.7. The number of hydrogen-bond donors (Lipinski definition) is 1. The van der Waals surface area contributed by atoms with Crippen LogP contribution in [0.25, 0.3) is 6.08 Å². The van der Waals surface area contributed by atoms with Crippen molar-refractivity contribution in [2.45, 2.75) is 20.0 Å². The number of carboxylic acids is 1. The average molecular weight is 337 g/mol. The van der Waals surface area contributed by atoms with Crippen molar-refractivity contribution in [3.63, 3.8) is 0 Å². The van der Waals surface area contributed by atoms with Gasteiger partial charge < -0.3 is 9.84 Å². The van der Waals surface area contributed by atoms with Gasteiger partial charge in [-0.2, -0.15) is 0 Å². The zero-order valence-corrected chi connectivity index (χ0v) is 13.7. The number of hydrogen-bond acceptors (Lipinski definition) is 5. The molecule has 1 heterocycles. The summed E-state index contributed by atoms with van der Waals surface area (Å²) < 4.78 is 5.95. The second-order valence-corrected chi connectivity index (χ2v) is 6.54. The van der Waals surface area contributed by atoms with E-state index in [4.69, 9.17) is 22.1 Å². The van der Waals surface area contributed by atoms with Crippen molar-refractivity contribution in [2.24, 2.45) is 0 Å². The summed E-state index contributed by atoms with van der Waals surface area (Å²) in [5.74, 6) is -0.821. The molecule has 2 rings (SSSR count). The standard InChI is InChI=1S/C15H15NO4S2/c1-9(2)20-11-6-4-3-5-10(11)7-12-14(19)16(8-13(17)18)15(21)22-12/h3-7,9H,8H2,1-2H3,(H,17,18)/b12-7+. The first kappa shape index (κ1) is 16.5. The lowest BCUT2D eigenvalue weighted by molar-refractivity contribution is -0.140. The van der Waals surface area contributed by atoms with E-state index >= 15 is 0 Å². The molecule has 5 nitrogen and oxygen atoms in total. The number of rotatable bonds is 5. The Morgan fingerprint density at radius 3 is 2.77 bits per heavy atom. The van der Waals surface area contributed by atoms with Crippen molar-refractivity contribution >= 4 is 46.3 Å². The quantitative estimate of drug-likeness (QED) is 0.658. The number of amides is 1. The number of benzene rings is 1. The predicted octanol–water partition coefficient (Wildman–Crippen LogP) is 2.76. The maximum Gasteiger partial charge on any atom is 0.323 e. The summed E-state index contributed by atoms with van der Waals surface area (Å²) in [5.41, 5.74) is 0.757. The molecule has 1 aliphatic rings. The Balaban J connectivity index is 2.29. The van der Waals surface area contributed by atoms with Crippen molar-refractivity contribution in [3.8, 4) is 5.75 Å². The highest BCUT2D eigenvalue weighted by molar-refractivity contribution is 8.26. The van der Waals surface area contributed by atoms with Gasteiger partial charge in [0, 0.05) is 5.56 Å². The predicted molar refractivity (Wildman–Crippen MR) is 89.7 cm³/mol. The van der Waals surface area contributed by atoms with Crippen LogP contribution in [0.1, 0.15) is 19.4 Å². The average Bonchev–Trinajstić information content (AvgIpc) is 2.68. The summed E-state index contributed by atoms with van der Waals surface area (Å²) >= 11 is 6.16. The van der Waals surface area contributed by atoms with E-state index in [2.05, 4.69) is 0 Å². The molecule has 0 spiro atoms. The van der Waals surface area contributed by atoms with Gasteiger partial charge in [0.05, 0.1) is 11.0 Å². The van der Waals surface area contributed by atoms with E-state index in [1.54, 1.807) is 6.08 Å². The highest BCUT2D eigenvalue weighted by Crippen LogP contribution is 2.34. The van der Waals surface area contributed by atoms with Gasteiger partial charge in [-0.15, -0.1) is 0 Å². The van der Waals surface area contributed by atoms with Gasteiger partial charge in [-0.3, -0.25) is 14.5 Å². The molecule has 0 aromatic heterocycles. The zero-order valence-electron chi connectivity index (χ0n) is 12.1. The number of aliphatic carboxylic acids is 1. The summed E-state index contributed by atoms with van der Waals surface area (Å²) in [5, 5.41) is 8.83. The van der Waals surface area contributed by atoms with E-state index in [9.17, 15) is 9.59 Å². The molecular weight excluding hydrogens is 322 g/mol. The van der Waals surface area contributed by atoms with Gasteiger partial charge in [-0.1, -0.05) is 42.2 Å². The fraction of sp³-hybridized carbons (Fsp3) is 0.267. The molecule has 0 saturated carbocycles. The minimum Gasteiger partial charge on any atom is -0.490 e. The Bertz CT molecular complexity index is 655. The van der Waals surface area contributed by atoms with Gasteiger partial charge in [0.15, 0.2) is 0 Å². The maximum absolute atomic E-state index is 12.2. The molecule has 0 unspecified atom stereocenters. The van der Waals surface area contributed by atoms with Crippen LogP contribution in [0.5, 0.6) is 5.75 Å². The van der Waals surface area contributed by atoms with Crippen molar-refractivity contribution < 1.29 is 19.4 Å². The SMILES string of the molecule is CC(C)Oc1ccccc1/C=C1/SC(=S)N(CC(=O)O)C1=O. The van der Waals surface area contributed by atoms with Crippen LogP contribution in [0.15, 0.2) is 29.2 Å². The Morgan fingerprint density at radius 2 is 2.14 bits per heavy atom. The van der Waals surface area contributed by atoms with Gasteiger partial charge in [0.25, 0.3) is 5.91 Å². The van der Waals surface area contributed by atoms with Crippen LogP contribution in [0.3, 0.4) is 0 Å². The second kappa shape index (κ2) is 6.93. The molecule has 1 amide bonds. The molecule has 1 saturated heterocycles. The van der Waals surface area contributed by atoms with Gasteiger partial charge in [0.1, 0.15) is 16.6 Å². The van der Waals surface area contributed by atoms with Gasteiger partial charge in [-0.05, 0) is 26.0 Å². The van der Waals surface area contributed by atoms with Crippen LogP contribution in [0.2, 0.25) is 0 Å². The number of thioether (sulfide) groups is 1. The molecule has 1 aromatic carbocycles. The lowest BCUT2D eigenvalue weighted by atomic mass is 10.2. The molecule has 7 heteroatoms. The van der Waals surface area contributed by atoms with Crippen molar-refractivity contribution in [1.82, 2.24) is 4.90 Å². The van der Waals surface area contributed by atoms with E-state index in [0.717, 1.165) is 22.2 Å². The molecule has 0 aliphatic carbocycles. The Labute approximate surface area is 137 Å². The van der Waals surface area contributed by atoms with Crippen LogP contribution < -0.4 is 4.74 Å². The van der Waals surface area contributed by atoms with Gasteiger partial charge in [0.2, 0.25) is 0 Å². The minimum absolute atomic E-state index is 0.0102. The van der Waals surface area contributed by atoms with E-state index in [1.807, 2.05) is 38.1 Å². The molecule has 1 N–H and O–H groups in total. The van der Waals surface area contributed by atoms with Crippen LogP contribution in [-0.4, -0.2) is 38.9 Å². The van der Waals surface area contributed by atoms with Crippen LogP contribution in [-0.2, 0) is 9.59 Å². The summed E-state index contributed by atoms with van der Waals surface area (Å²) in [6.07, 6.45) is 1.69. The second-order valence-electron chi connectivity index (χ2n) is 4.87. The minimum atomic E-state index is -1.10. The molecule has 116 valence electrons. The number of para-hydroxylation sites is 1. The first-order chi connectivity index (χ1) is 10.4. The number of carbonyl (C=O) groups excluding carboxylic acids is 1. The maximum atomic E-state index is 12.2. The van der Waals surface area contributed by atoms with Gasteiger partial charge >= 0.3 is 5.97 Å². The number of carboxylic acid groups (broad SMARTS) is 1. The van der Waals surface area contributed by atoms with E-state index in [-0.39, 0.29) is 10.4 Å². The highest BCUT2D eigenvalue weighted by Gasteiger charge is 2.33. The lowest BCUT2D eigenvalue weighted by Gasteiger charge is -2.12. The van der Waals surface area contributed by atoms with Crippen LogP contribution in [0, 0.1) is 0 Å². The van der Waals surface area contributed by atoms with E-state index < -0.39 is 18.4 Å². The Kier molecular flexibility index (Phi) is 5.20. The number of thiocarbonyl (C=S) groups is 1. The van der Waals surface area contributed by atoms with Crippen molar-refractivity contribution in [2.75, 3.05) is 6.54 Å². The third kappa shape index (κ3) is 3.86. The van der Waals surface area contributed by atoms with Gasteiger partial charge in [-0.25, -0.2) is 0 Å². The van der Waals surface area contributed by atoms with Crippen LogP contribution in [0.4, 0.5) is 0 Å². The number of ether oxygens (including phenoxy) is 1. The fourth-order valence-electron chi connectivity index (χ4n) is 1.87. The van der Waals surface area contributed by atoms with E-state index in [1.165, 1.54) is 0 Å². The summed E-state index contributed by atoms with van der Waals surface area (Å²) in [6, 6.07) is 7.35. The molecular formula is C15H15NO4S2. The highest BCUT2D eigenvalue weighted by atomic mass is 32.2. The lowest BCUT2D eigenvalue weighted by Crippen LogP contribution is -2.33. The summed E-state index contributed by atoms with van der Waals surface area (Å²) in [6.45, 7) is 3.42. The summed E-state index contributed by atoms with van der Waals surface area (Å²) in [7, 11) is 0. The Hall–Kier alpha value is -1.86. The molecule has 1 fully saturated rings. The number of carbonyl (C=O) groups is 2. The molecule has 0 radical (unpaired) electrons. The zero-order chi connectivity index (χ0) is 16.3. The largest absolute Gasteiger partial charge is 0.490 e. The molecule has 1 aliphatic heterocycles. The molecule has 0 atom stereocenters. The Morgan fingerprint density at radius 1 is 1.45 bits per heavy atom. The molecule has 1 aromatic rings. The fourth-order valence-corrected chi connectivity index (χ4v) is 3.12. The monoisotopic (exact) mass is 337 g/mol.